The number of benzene rings is 1. The third-order valence-electron chi connectivity index (χ3n) is 3.44. The molecule has 1 N–H and O–H groups in total. The summed E-state index contributed by atoms with van der Waals surface area (Å²) in [6.45, 7) is 6.54. The Morgan fingerprint density at radius 2 is 2.11 bits per heavy atom. The molecule has 1 aliphatic rings. The number of aliphatic carboxylic acids is 1. The lowest BCUT2D eigenvalue weighted by atomic mass is 9.98. The summed E-state index contributed by atoms with van der Waals surface area (Å²) in [6.07, 6.45) is -0.0328. The van der Waals surface area contributed by atoms with Crippen molar-refractivity contribution in [2.75, 3.05) is 6.54 Å². The first-order chi connectivity index (χ1) is 8.91. The number of carbonyl (C=O) groups is 2. The smallest absolute Gasteiger partial charge is 0.305 e. The lowest BCUT2D eigenvalue weighted by Crippen LogP contribution is -2.32. The Bertz CT molecular complexity index is 522. The van der Waals surface area contributed by atoms with Gasteiger partial charge in [-0.25, -0.2) is 0 Å². The van der Waals surface area contributed by atoms with E-state index in [1.54, 1.807) is 4.90 Å². The van der Waals surface area contributed by atoms with E-state index in [1.807, 2.05) is 39.0 Å². The van der Waals surface area contributed by atoms with Crippen LogP contribution in [0.4, 0.5) is 0 Å². The Hall–Kier alpha value is -1.84. The van der Waals surface area contributed by atoms with Gasteiger partial charge in [0.1, 0.15) is 0 Å². The van der Waals surface area contributed by atoms with Crippen LogP contribution >= 0.6 is 0 Å². The number of fused-ring (bicyclic) bond motifs is 1. The maximum atomic E-state index is 12.5. The predicted molar refractivity (Wildman–Crippen MR) is 72.0 cm³/mol. The van der Waals surface area contributed by atoms with Crippen LogP contribution in [-0.2, 0) is 4.79 Å². The number of aryl methyl sites for hydroxylation is 1. The summed E-state index contributed by atoms with van der Waals surface area (Å²) in [5, 5.41) is 9.07. The minimum Gasteiger partial charge on any atom is -0.481 e. The fourth-order valence-corrected chi connectivity index (χ4v) is 2.70. The van der Waals surface area contributed by atoms with Gasteiger partial charge in [-0.1, -0.05) is 32.0 Å². The first-order valence-electron chi connectivity index (χ1n) is 6.54. The molecule has 1 unspecified atom stereocenters. The zero-order valence-electron chi connectivity index (χ0n) is 11.5. The topological polar surface area (TPSA) is 57.6 Å². The van der Waals surface area contributed by atoms with Crippen LogP contribution in [-0.4, -0.2) is 28.4 Å². The molecule has 4 heteroatoms. The number of carbonyl (C=O) groups excluding carboxylic acids is 1. The molecule has 102 valence electrons. The summed E-state index contributed by atoms with van der Waals surface area (Å²) in [7, 11) is 0. The minimum atomic E-state index is -0.874. The molecule has 0 aliphatic carbocycles. The molecule has 1 aliphatic heterocycles. The van der Waals surface area contributed by atoms with Crippen molar-refractivity contribution < 1.29 is 14.7 Å². The van der Waals surface area contributed by atoms with Gasteiger partial charge in [0.05, 0.1) is 12.5 Å². The lowest BCUT2D eigenvalue weighted by Gasteiger charge is -2.25. The van der Waals surface area contributed by atoms with E-state index in [-0.39, 0.29) is 18.4 Å². The summed E-state index contributed by atoms with van der Waals surface area (Å²) in [6, 6.07) is 5.32. The SMILES string of the molecule is Cc1cccc2c1C(=O)N(CC(C)C)C2CC(=O)O. The highest BCUT2D eigenvalue weighted by atomic mass is 16.4. The van der Waals surface area contributed by atoms with Crippen molar-refractivity contribution in [2.24, 2.45) is 5.92 Å². The van der Waals surface area contributed by atoms with E-state index in [0.29, 0.717) is 18.0 Å². The van der Waals surface area contributed by atoms with Crippen molar-refractivity contribution in [1.29, 1.82) is 0 Å². The maximum absolute atomic E-state index is 12.5. The number of rotatable bonds is 4. The monoisotopic (exact) mass is 261 g/mol. The van der Waals surface area contributed by atoms with Crippen LogP contribution in [0.2, 0.25) is 0 Å². The van der Waals surface area contributed by atoms with Crippen LogP contribution in [0, 0.1) is 12.8 Å². The van der Waals surface area contributed by atoms with Gasteiger partial charge in [-0.15, -0.1) is 0 Å². The lowest BCUT2D eigenvalue weighted by molar-refractivity contribution is -0.138. The average molecular weight is 261 g/mol. The van der Waals surface area contributed by atoms with E-state index >= 15 is 0 Å². The summed E-state index contributed by atoms with van der Waals surface area (Å²) >= 11 is 0. The zero-order valence-corrected chi connectivity index (χ0v) is 11.5. The Labute approximate surface area is 113 Å². The van der Waals surface area contributed by atoms with Crippen LogP contribution in [0.5, 0.6) is 0 Å². The summed E-state index contributed by atoms with van der Waals surface area (Å²) < 4.78 is 0. The number of carboxylic acids is 1. The van der Waals surface area contributed by atoms with Crippen molar-refractivity contribution in [2.45, 2.75) is 33.2 Å². The van der Waals surface area contributed by atoms with Gasteiger partial charge in [-0.05, 0) is 24.0 Å². The molecule has 0 fully saturated rings. The van der Waals surface area contributed by atoms with Crippen molar-refractivity contribution in [1.82, 2.24) is 4.90 Å². The predicted octanol–water partition coefficient (Wildman–Crippen LogP) is 2.62. The molecule has 0 spiro atoms. The molecule has 0 bridgehead atoms. The normalized spacial score (nSPS) is 18.0. The molecule has 0 saturated heterocycles. The van der Waals surface area contributed by atoms with E-state index in [0.717, 1.165) is 11.1 Å². The van der Waals surface area contributed by atoms with Gasteiger partial charge in [0, 0.05) is 12.1 Å². The molecule has 1 aromatic rings. The number of amides is 1. The number of carboxylic acid groups (broad SMARTS) is 1. The highest BCUT2D eigenvalue weighted by Gasteiger charge is 2.38. The number of hydrogen-bond acceptors (Lipinski definition) is 2. The average Bonchev–Trinajstić information content (AvgIpc) is 2.55. The van der Waals surface area contributed by atoms with Crippen LogP contribution in [0.3, 0.4) is 0 Å². The van der Waals surface area contributed by atoms with Gasteiger partial charge < -0.3 is 10.0 Å². The van der Waals surface area contributed by atoms with E-state index in [2.05, 4.69) is 0 Å². The summed E-state index contributed by atoms with van der Waals surface area (Å²) in [5.41, 5.74) is 2.46. The van der Waals surface area contributed by atoms with Crippen LogP contribution < -0.4 is 0 Å². The molecule has 19 heavy (non-hydrogen) atoms. The van der Waals surface area contributed by atoms with E-state index in [1.165, 1.54) is 0 Å². The van der Waals surface area contributed by atoms with E-state index in [4.69, 9.17) is 5.11 Å². The third-order valence-corrected chi connectivity index (χ3v) is 3.44. The fourth-order valence-electron chi connectivity index (χ4n) is 2.70. The first kappa shape index (κ1) is 13.6. The van der Waals surface area contributed by atoms with Gasteiger partial charge in [0.15, 0.2) is 0 Å². The summed E-state index contributed by atoms with van der Waals surface area (Å²) in [5.74, 6) is -0.594. The molecule has 1 atom stereocenters. The second kappa shape index (κ2) is 5.03. The van der Waals surface area contributed by atoms with Gasteiger partial charge in [0.2, 0.25) is 0 Å². The number of nitrogens with zero attached hydrogens (tertiary/aromatic N) is 1. The molecule has 1 aromatic carbocycles. The summed E-state index contributed by atoms with van der Waals surface area (Å²) in [4.78, 5) is 25.2. The van der Waals surface area contributed by atoms with Gasteiger partial charge >= 0.3 is 5.97 Å². The Morgan fingerprint density at radius 3 is 2.68 bits per heavy atom. The molecule has 1 heterocycles. The maximum Gasteiger partial charge on any atom is 0.305 e. The number of hydrogen-bond donors (Lipinski definition) is 1. The fraction of sp³-hybridized carbons (Fsp3) is 0.467. The molecule has 0 aromatic heterocycles. The van der Waals surface area contributed by atoms with Crippen molar-refractivity contribution in [3.8, 4) is 0 Å². The highest BCUT2D eigenvalue weighted by molar-refractivity contribution is 6.01. The van der Waals surface area contributed by atoms with Crippen molar-refractivity contribution >= 4 is 11.9 Å². The molecular formula is C15H19NO3. The Balaban J connectivity index is 2.44. The first-order valence-corrected chi connectivity index (χ1v) is 6.54. The third kappa shape index (κ3) is 2.48. The molecule has 1 amide bonds. The van der Waals surface area contributed by atoms with Crippen molar-refractivity contribution in [3.05, 3.63) is 34.9 Å². The van der Waals surface area contributed by atoms with Gasteiger partial charge in [-0.3, -0.25) is 9.59 Å². The van der Waals surface area contributed by atoms with E-state index in [9.17, 15) is 9.59 Å². The molecule has 0 saturated carbocycles. The standard InChI is InChI=1S/C15H19NO3/c1-9(2)8-16-12(7-13(17)18)11-6-4-5-10(3)14(11)15(16)19/h4-6,9,12H,7-8H2,1-3H3,(H,17,18). The van der Waals surface area contributed by atoms with Crippen LogP contribution in [0.15, 0.2) is 18.2 Å². The quantitative estimate of drug-likeness (QED) is 0.906. The Morgan fingerprint density at radius 1 is 1.42 bits per heavy atom. The second-order valence-electron chi connectivity index (χ2n) is 5.50. The van der Waals surface area contributed by atoms with Gasteiger partial charge in [-0.2, -0.15) is 0 Å². The largest absolute Gasteiger partial charge is 0.481 e. The second-order valence-corrected chi connectivity index (χ2v) is 5.50. The van der Waals surface area contributed by atoms with E-state index < -0.39 is 5.97 Å². The minimum absolute atomic E-state index is 0.0328. The van der Waals surface area contributed by atoms with Crippen LogP contribution in [0.25, 0.3) is 0 Å². The molecule has 0 radical (unpaired) electrons. The van der Waals surface area contributed by atoms with Crippen molar-refractivity contribution in [3.63, 3.8) is 0 Å². The Kier molecular flexibility index (Phi) is 3.60. The molecule has 4 nitrogen and oxygen atoms in total. The van der Waals surface area contributed by atoms with Gasteiger partial charge in [0.25, 0.3) is 5.91 Å². The zero-order chi connectivity index (χ0) is 14.2. The highest BCUT2D eigenvalue weighted by Crippen LogP contribution is 2.37. The molecular weight excluding hydrogens is 242 g/mol. The van der Waals surface area contributed by atoms with Crippen LogP contribution in [0.1, 0.15) is 47.8 Å². The molecule has 2 rings (SSSR count).